The zero-order valence-electron chi connectivity index (χ0n) is 4.13. The van der Waals surface area contributed by atoms with Crippen LogP contribution in [0.15, 0.2) is 0 Å². The minimum atomic E-state index is -5.68. The van der Waals surface area contributed by atoms with E-state index in [2.05, 4.69) is 4.31 Å². The fourth-order valence-electron chi connectivity index (χ4n) is 0.122. The van der Waals surface area contributed by atoms with E-state index < -0.39 is 15.6 Å². The van der Waals surface area contributed by atoms with E-state index in [9.17, 15) is 28.7 Å². The van der Waals surface area contributed by atoms with E-state index in [1.807, 2.05) is 0 Å². The maximum atomic E-state index is 9.32. The SMILES string of the molecule is O=P([O-])([O-])OP(=O)([O-])[O-].[Tc]. The van der Waals surface area contributed by atoms with Crippen molar-refractivity contribution in [3.63, 3.8) is 0 Å². The van der Waals surface area contributed by atoms with Crippen molar-refractivity contribution in [3.8, 4) is 0 Å². The molecule has 0 unspecified atom stereocenters. The molecule has 10 heteroatoms. The molecule has 0 N–H and O–H groups in total. The molecule has 0 atom stereocenters. The molecule has 1 radical (unpaired) electrons. The summed E-state index contributed by atoms with van der Waals surface area (Å²) in [5, 5.41) is 0. The third-order valence-corrected chi connectivity index (χ3v) is 1.80. The van der Waals surface area contributed by atoms with E-state index in [0.717, 1.165) is 0 Å². The molecule has 10 heavy (non-hydrogen) atoms. The Bertz CT molecular complexity index is 152. The van der Waals surface area contributed by atoms with Crippen LogP contribution in [0.4, 0.5) is 0 Å². The third-order valence-electron chi connectivity index (χ3n) is 0.200. The Hall–Kier alpha value is 0.909. The normalized spacial score (nSPS) is 12.4. The third kappa shape index (κ3) is 11.7. The average Bonchev–Trinajstić information content (AvgIpc) is 1.14. The number of hydrogen-bond acceptors (Lipinski definition) is 7. The maximum Gasteiger partial charge on any atom is 0.0655 e. The van der Waals surface area contributed by atoms with Crippen LogP contribution in [0.1, 0.15) is 0 Å². The molecule has 0 amide bonds. The summed E-state index contributed by atoms with van der Waals surface area (Å²) >= 11 is 0. The van der Waals surface area contributed by atoms with Gasteiger partial charge in [0.1, 0.15) is 0 Å². The Morgan fingerprint density at radius 1 is 0.900 bits per heavy atom. The fourth-order valence-corrected chi connectivity index (χ4v) is 1.10. The van der Waals surface area contributed by atoms with Gasteiger partial charge in [-0.25, -0.2) is 0 Å². The van der Waals surface area contributed by atoms with Crippen molar-refractivity contribution in [1.82, 2.24) is 0 Å². The standard InChI is InChI=1S/H4O7P2.Tc/c1-8(2,3)7-9(4,5)6;/h(H2,1,2,3)(H2,4,5,6);/p-4. The van der Waals surface area contributed by atoms with Gasteiger partial charge in [-0.3, -0.25) is 0 Å². The monoisotopic (exact) mass is 271 g/mol. The number of rotatable bonds is 2. The second-order valence-corrected chi connectivity index (χ2v) is 3.42. The van der Waals surface area contributed by atoms with Crippen molar-refractivity contribution in [3.05, 3.63) is 0 Å². The summed E-state index contributed by atoms with van der Waals surface area (Å²) in [4.78, 5) is 37.3. The van der Waals surface area contributed by atoms with Gasteiger partial charge in [-0.2, -0.15) is 0 Å². The summed E-state index contributed by atoms with van der Waals surface area (Å²) in [6.07, 6.45) is 0. The van der Waals surface area contributed by atoms with Crippen LogP contribution in [0, 0.1) is 0 Å². The minimum Gasteiger partial charge on any atom is -0.790 e. The Balaban J connectivity index is 0. The largest absolute Gasteiger partial charge is 0.790 e. The molecule has 0 fully saturated rings. The first kappa shape index (κ1) is 13.5. The predicted molar refractivity (Wildman–Crippen MR) is 16.3 cm³/mol. The molecular weight excluding hydrogens is 272 g/mol. The van der Waals surface area contributed by atoms with Crippen molar-refractivity contribution >= 4 is 15.6 Å². The first-order chi connectivity index (χ1) is 3.71. The van der Waals surface area contributed by atoms with Crippen LogP contribution in [0.5, 0.6) is 0 Å². The average molecular weight is 272 g/mol. The Morgan fingerprint density at radius 3 is 1.10 bits per heavy atom. The predicted octanol–water partition coefficient (Wildman–Crippen LogP) is -3.34. The van der Waals surface area contributed by atoms with Gasteiger partial charge >= 0.3 is 0 Å². The molecule has 0 rings (SSSR count). The fraction of sp³-hybridized carbons (Fsp3) is 0. The summed E-state index contributed by atoms with van der Waals surface area (Å²) in [5.74, 6) is 0. The van der Waals surface area contributed by atoms with E-state index in [1.165, 1.54) is 0 Å². The molecule has 7 nitrogen and oxygen atoms in total. The summed E-state index contributed by atoms with van der Waals surface area (Å²) in [7, 11) is -11.4. The molecule has 0 heterocycles. The number of hydrogen-bond donors (Lipinski definition) is 0. The van der Waals surface area contributed by atoms with Crippen molar-refractivity contribution in [2.24, 2.45) is 0 Å². The van der Waals surface area contributed by atoms with E-state index in [4.69, 9.17) is 0 Å². The summed E-state index contributed by atoms with van der Waals surface area (Å²) < 4.78 is 21.2. The van der Waals surface area contributed by atoms with Gasteiger partial charge in [0.15, 0.2) is 0 Å². The van der Waals surface area contributed by atoms with Gasteiger partial charge in [0.2, 0.25) is 0 Å². The molecule has 0 aromatic rings. The molecule has 0 aliphatic rings. The van der Waals surface area contributed by atoms with Gasteiger partial charge in [0, 0.05) is 20.1 Å². The zero-order chi connectivity index (χ0) is 7.71. The van der Waals surface area contributed by atoms with Gasteiger partial charge in [0.05, 0.1) is 15.6 Å². The van der Waals surface area contributed by atoms with Crippen LogP contribution >= 0.6 is 15.6 Å². The van der Waals surface area contributed by atoms with E-state index in [0.29, 0.717) is 0 Å². The Kier molecular flexibility index (Phi) is 5.49. The quantitative estimate of drug-likeness (QED) is 0.479. The molecule has 0 aliphatic carbocycles. The maximum absolute atomic E-state index is 9.32. The summed E-state index contributed by atoms with van der Waals surface area (Å²) in [6.45, 7) is 0. The summed E-state index contributed by atoms with van der Waals surface area (Å²) in [6, 6.07) is 0. The molecule has 0 spiro atoms. The first-order valence-electron chi connectivity index (χ1n) is 1.46. The van der Waals surface area contributed by atoms with Gasteiger partial charge in [-0.15, -0.1) is 0 Å². The van der Waals surface area contributed by atoms with Gasteiger partial charge < -0.3 is 33.0 Å². The van der Waals surface area contributed by atoms with Gasteiger partial charge in [-0.1, -0.05) is 0 Å². The molecule has 0 aliphatic heterocycles. The Morgan fingerprint density at radius 2 is 1.10 bits per heavy atom. The molecule has 0 bridgehead atoms. The van der Waals surface area contributed by atoms with Crippen LogP contribution in [0.25, 0.3) is 0 Å². The van der Waals surface area contributed by atoms with Crippen molar-refractivity contribution in [1.29, 1.82) is 0 Å². The summed E-state index contributed by atoms with van der Waals surface area (Å²) in [5.41, 5.74) is 0. The van der Waals surface area contributed by atoms with Crippen LogP contribution < -0.4 is 19.6 Å². The van der Waals surface area contributed by atoms with Crippen molar-refractivity contribution in [2.75, 3.05) is 0 Å². The van der Waals surface area contributed by atoms with E-state index in [1.54, 1.807) is 0 Å². The molecule has 0 saturated carbocycles. The molecule has 0 saturated heterocycles. The first-order valence-corrected chi connectivity index (χ1v) is 4.38. The number of phosphoric acid groups is 2. The van der Waals surface area contributed by atoms with Crippen molar-refractivity contribution in [2.45, 2.75) is 0 Å². The van der Waals surface area contributed by atoms with Crippen LogP contribution in [0.2, 0.25) is 0 Å². The van der Waals surface area contributed by atoms with Crippen molar-refractivity contribution < 1.29 is 53.1 Å². The Labute approximate surface area is 69.2 Å². The van der Waals surface area contributed by atoms with Gasteiger partial charge in [0.25, 0.3) is 0 Å². The minimum absolute atomic E-state index is 0. The van der Waals surface area contributed by atoms with Crippen LogP contribution in [0.3, 0.4) is 0 Å². The second-order valence-electron chi connectivity index (χ2n) is 0.976. The van der Waals surface area contributed by atoms with Crippen LogP contribution in [-0.4, -0.2) is 0 Å². The van der Waals surface area contributed by atoms with E-state index in [-0.39, 0.29) is 20.1 Å². The van der Waals surface area contributed by atoms with E-state index >= 15 is 0 Å². The van der Waals surface area contributed by atoms with Crippen LogP contribution in [-0.2, 0) is 33.5 Å². The smallest absolute Gasteiger partial charge is 0.0655 e. The molecule has 0 aromatic heterocycles. The zero-order valence-corrected chi connectivity index (χ0v) is 7.78. The topological polar surface area (TPSA) is 136 Å². The second kappa shape index (κ2) is 4.07. The molecule has 0 aromatic carbocycles. The van der Waals surface area contributed by atoms with Gasteiger partial charge in [-0.05, 0) is 0 Å². The molecular formula is O7P2Tc-4. The molecule has 63 valence electrons.